The lowest BCUT2D eigenvalue weighted by Gasteiger charge is -2.10. The predicted octanol–water partition coefficient (Wildman–Crippen LogP) is 3.08. The van der Waals surface area contributed by atoms with E-state index in [2.05, 4.69) is 10.4 Å². The Morgan fingerprint density at radius 2 is 1.70 bits per heavy atom. The van der Waals surface area contributed by atoms with Crippen LogP contribution in [0, 0.1) is 13.8 Å². The Hall–Kier alpha value is -3.81. The van der Waals surface area contributed by atoms with Gasteiger partial charge in [0.2, 0.25) is 0 Å². The first-order valence-corrected chi connectivity index (χ1v) is 10.7. The van der Waals surface area contributed by atoms with Crippen LogP contribution < -0.4 is 14.8 Å². The molecule has 0 unspecified atom stereocenters. The van der Waals surface area contributed by atoms with Gasteiger partial charge in [-0.3, -0.25) is 9.48 Å². The molecule has 2 aromatic carbocycles. The van der Waals surface area contributed by atoms with Gasteiger partial charge in [-0.05, 0) is 43.5 Å². The van der Waals surface area contributed by atoms with Gasteiger partial charge in [-0.2, -0.15) is 5.10 Å². The van der Waals surface area contributed by atoms with Crippen molar-refractivity contribution in [1.82, 2.24) is 15.1 Å². The van der Waals surface area contributed by atoms with E-state index in [1.165, 1.54) is 0 Å². The normalized spacial score (nSPS) is 10.5. The molecule has 174 valence electrons. The minimum Gasteiger partial charge on any atom is -0.493 e. The van der Waals surface area contributed by atoms with Crippen molar-refractivity contribution in [3.63, 3.8) is 0 Å². The monoisotopic (exact) mass is 451 g/mol. The van der Waals surface area contributed by atoms with Crippen LogP contribution in [-0.2, 0) is 22.5 Å². The summed E-state index contributed by atoms with van der Waals surface area (Å²) in [7, 11) is 3.16. The highest BCUT2D eigenvalue weighted by molar-refractivity contribution is 5.93. The summed E-state index contributed by atoms with van der Waals surface area (Å²) in [6.45, 7) is 4.18. The van der Waals surface area contributed by atoms with Gasteiger partial charge in [0.05, 0.1) is 32.2 Å². The molecule has 0 saturated carbocycles. The smallest absolute Gasteiger partial charge is 0.342 e. The Kier molecular flexibility index (Phi) is 8.07. The van der Waals surface area contributed by atoms with Crippen LogP contribution in [0.5, 0.6) is 11.5 Å². The summed E-state index contributed by atoms with van der Waals surface area (Å²) in [5.41, 5.74) is 3.74. The lowest BCUT2D eigenvalue weighted by molar-refractivity contribution is -0.124. The molecule has 0 radical (unpaired) electrons. The summed E-state index contributed by atoms with van der Waals surface area (Å²) in [6, 6.07) is 15.5. The summed E-state index contributed by atoms with van der Waals surface area (Å²) in [5.74, 6) is 0.360. The molecular weight excluding hydrogens is 422 g/mol. The fourth-order valence-electron chi connectivity index (χ4n) is 3.54. The maximum atomic E-state index is 12.6. The molecular formula is C25H29N3O5. The average molecular weight is 452 g/mol. The highest BCUT2D eigenvalue weighted by atomic mass is 16.5. The summed E-state index contributed by atoms with van der Waals surface area (Å²) in [6.07, 6.45) is 0.602. The third-order valence-electron chi connectivity index (χ3n) is 5.28. The van der Waals surface area contributed by atoms with Crippen LogP contribution in [0.2, 0.25) is 0 Å². The van der Waals surface area contributed by atoms with Crippen LogP contribution in [0.1, 0.15) is 32.9 Å². The zero-order chi connectivity index (χ0) is 23.8. The minimum atomic E-state index is -0.556. The van der Waals surface area contributed by atoms with E-state index in [4.69, 9.17) is 14.2 Å². The molecule has 0 atom stereocenters. The second kappa shape index (κ2) is 11.2. The zero-order valence-corrected chi connectivity index (χ0v) is 19.4. The molecule has 1 N–H and O–H groups in total. The first-order chi connectivity index (χ1) is 15.9. The molecule has 8 heteroatoms. The fourth-order valence-corrected chi connectivity index (χ4v) is 3.54. The Morgan fingerprint density at radius 3 is 2.39 bits per heavy atom. The Labute approximate surface area is 193 Å². The van der Waals surface area contributed by atoms with Crippen molar-refractivity contribution < 1.29 is 23.8 Å². The Bertz CT molecular complexity index is 1110. The number of aromatic nitrogens is 2. The van der Waals surface area contributed by atoms with E-state index in [9.17, 15) is 9.59 Å². The maximum Gasteiger partial charge on any atom is 0.342 e. The highest BCUT2D eigenvalue weighted by Gasteiger charge is 2.21. The first kappa shape index (κ1) is 23.8. The van der Waals surface area contributed by atoms with Crippen LogP contribution in [0.3, 0.4) is 0 Å². The number of carbonyl (C=O) groups excluding carboxylic acids is 2. The van der Waals surface area contributed by atoms with E-state index < -0.39 is 5.97 Å². The SMILES string of the molecule is COc1ccc(CCNC(=O)COC(=O)c2c(C)nn(Cc3ccccc3)c2C)cc1OC. The van der Waals surface area contributed by atoms with Crippen molar-refractivity contribution >= 4 is 11.9 Å². The minimum absolute atomic E-state index is 0.354. The van der Waals surface area contributed by atoms with Crippen molar-refractivity contribution in [1.29, 1.82) is 0 Å². The number of nitrogens with zero attached hydrogens (tertiary/aromatic N) is 2. The molecule has 1 amide bonds. The van der Waals surface area contributed by atoms with Crippen molar-refractivity contribution in [2.24, 2.45) is 0 Å². The quantitative estimate of drug-likeness (QED) is 0.477. The molecule has 0 bridgehead atoms. The molecule has 1 heterocycles. The highest BCUT2D eigenvalue weighted by Crippen LogP contribution is 2.27. The number of aryl methyl sites for hydroxylation is 1. The molecule has 3 aromatic rings. The van der Waals surface area contributed by atoms with Crippen molar-refractivity contribution in [2.75, 3.05) is 27.4 Å². The fraction of sp³-hybridized carbons (Fsp3) is 0.320. The van der Waals surface area contributed by atoms with Gasteiger partial charge in [0.15, 0.2) is 18.1 Å². The van der Waals surface area contributed by atoms with E-state index in [0.717, 1.165) is 11.1 Å². The largest absolute Gasteiger partial charge is 0.493 e. The average Bonchev–Trinajstić information content (AvgIpc) is 3.10. The summed E-state index contributed by atoms with van der Waals surface area (Å²) < 4.78 is 17.5. The number of nitrogens with one attached hydrogen (secondary N) is 1. The van der Waals surface area contributed by atoms with Gasteiger partial charge in [0.25, 0.3) is 5.91 Å². The molecule has 0 aliphatic heterocycles. The van der Waals surface area contributed by atoms with Crippen LogP contribution in [0.25, 0.3) is 0 Å². The lowest BCUT2D eigenvalue weighted by atomic mass is 10.1. The van der Waals surface area contributed by atoms with Crippen molar-refractivity contribution in [3.05, 3.63) is 76.6 Å². The van der Waals surface area contributed by atoms with Gasteiger partial charge in [-0.25, -0.2) is 4.79 Å². The summed E-state index contributed by atoms with van der Waals surface area (Å²) in [5, 5.41) is 7.22. The molecule has 3 rings (SSSR count). The van der Waals surface area contributed by atoms with Crippen molar-refractivity contribution in [3.8, 4) is 11.5 Å². The number of hydrogen-bond acceptors (Lipinski definition) is 6. The number of hydrogen-bond donors (Lipinski definition) is 1. The lowest BCUT2D eigenvalue weighted by Crippen LogP contribution is -2.30. The van der Waals surface area contributed by atoms with Crippen LogP contribution in [0.15, 0.2) is 48.5 Å². The Balaban J connectivity index is 1.50. The molecule has 8 nitrogen and oxygen atoms in total. The maximum absolute atomic E-state index is 12.6. The number of rotatable bonds is 10. The van der Waals surface area contributed by atoms with E-state index in [1.54, 1.807) is 25.8 Å². The summed E-state index contributed by atoms with van der Waals surface area (Å²) in [4.78, 5) is 24.8. The third kappa shape index (κ3) is 6.12. The third-order valence-corrected chi connectivity index (χ3v) is 5.28. The molecule has 1 aromatic heterocycles. The molecule has 0 fully saturated rings. The second-order valence-electron chi connectivity index (χ2n) is 7.55. The number of amides is 1. The Morgan fingerprint density at radius 1 is 0.970 bits per heavy atom. The first-order valence-electron chi connectivity index (χ1n) is 10.7. The number of esters is 1. The predicted molar refractivity (Wildman–Crippen MR) is 124 cm³/mol. The molecule has 33 heavy (non-hydrogen) atoms. The number of benzene rings is 2. The van der Waals surface area contributed by atoms with E-state index in [-0.39, 0.29) is 12.5 Å². The van der Waals surface area contributed by atoms with Gasteiger partial charge in [0, 0.05) is 6.54 Å². The second-order valence-corrected chi connectivity index (χ2v) is 7.55. The standard InChI is InChI=1S/C25H29N3O5/c1-17-24(18(2)28(27-17)15-20-8-6-5-7-9-20)25(30)33-16-23(29)26-13-12-19-10-11-21(31-3)22(14-19)32-4/h5-11,14H,12-13,15-16H2,1-4H3,(H,26,29). The number of ether oxygens (including phenoxy) is 3. The summed E-state index contributed by atoms with van der Waals surface area (Å²) >= 11 is 0. The van der Waals surface area contributed by atoms with Crippen molar-refractivity contribution in [2.45, 2.75) is 26.8 Å². The number of carbonyl (C=O) groups is 2. The van der Waals surface area contributed by atoms with E-state index in [1.807, 2.05) is 55.5 Å². The topological polar surface area (TPSA) is 91.7 Å². The van der Waals surface area contributed by atoms with Crippen LogP contribution in [0.4, 0.5) is 0 Å². The van der Waals surface area contributed by atoms with Crippen LogP contribution in [-0.4, -0.2) is 49.0 Å². The van der Waals surface area contributed by atoms with Gasteiger partial charge in [-0.15, -0.1) is 0 Å². The molecule has 0 aliphatic rings. The number of methoxy groups -OCH3 is 2. The van der Waals surface area contributed by atoms with Gasteiger partial charge < -0.3 is 19.5 Å². The van der Waals surface area contributed by atoms with E-state index in [0.29, 0.717) is 48.0 Å². The molecule has 0 spiro atoms. The van der Waals surface area contributed by atoms with Gasteiger partial charge >= 0.3 is 5.97 Å². The van der Waals surface area contributed by atoms with Crippen LogP contribution >= 0.6 is 0 Å². The van der Waals surface area contributed by atoms with Gasteiger partial charge in [-0.1, -0.05) is 36.4 Å². The molecule has 0 aliphatic carbocycles. The molecule has 0 saturated heterocycles. The van der Waals surface area contributed by atoms with E-state index >= 15 is 0 Å². The van der Waals surface area contributed by atoms with Gasteiger partial charge in [0.1, 0.15) is 5.56 Å². The zero-order valence-electron chi connectivity index (χ0n) is 19.4.